The summed E-state index contributed by atoms with van der Waals surface area (Å²) >= 11 is 0. The van der Waals surface area contributed by atoms with Crippen molar-refractivity contribution in [3.05, 3.63) is 0 Å². The van der Waals surface area contributed by atoms with Crippen molar-refractivity contribution in [3.8, 4) is 0 Å². The molecule has 0 heterocycles. The van der Waals surface area contributed by atoms with Gasteiger partial charge in [-0.15, -0.1) is 0 Å². The number of nitrogens with one attached hydrogen (secondary N) is 1. The van der Waals surface area contributed by atoms with Crippen LogP contribution in [0.25, 0.3) is 0 Å². The lowest BCUT2D eigenvalue weighted by Crippen LogP contribution is -2.33. The molecule has 0 aromatic carbocycles. The molecule has 0 aliphatic heterocycles. The summed E-state index contributed by atoms with van der Waals surface area (Å²) in [5.41, 5.74) is 3.11. The second-order valence-electron chi connectivity index (χ2n) is 2.76. The Labute approximate surface area is 74.8 Å². The van der Waals surface area contributed by atoms with Gasteiger partial charge in [0, 0.05) is 41.0 Å². The summed E-state index contributed by atoms with van der Waals surface area (Å²) in [6, 6.07) is 0. The van der Waals surface area contributed by atoms with Crippen LogP contribution < -0.4 is 5.43 Å². The fraction of sp³-hybridized carbons (Fsp3) is 1.00. The zero-order valence-electron chi connectivity index (χ0n) is 8.30. The predicted molar refractivity (Wildman–Crippen MR) is 49.0 cm³/mol. The van der Waals surface area contributed by atoms with Gasteiger partial charge in [0.1, 0.15) is 0 Å². The maximum absolute atomic E-state index is 5.32. The average Bonchev–Trinajstić information content (AvgIpc) is 2.02. The molecule has 12 heavy (non-hydrogen) atoms. The summed E-state index contributed by atoms with van der Waals surface area (Å²) < 4.78 is 10.2. The minimum absolute atomic E-state index is 0.752. The maximum Gasteiger partial charge on any atom is 0.0604 e. The molecule has 0 aliphatic rings. The number of nitrogens with zero attached hydrogens (tertiary/aromatic N) is 1. The Bertz CT molecular complexity index is 89.1. The number of hydrazine groups is 1. The third-order valence-corrected chi connectivity index (χ3v) is 1.31. The highest BCUT2D eigenvalue weighted by Gasteiger charge is 1.89. The number of ether oxygens (including phenoxy) is 2. The molecule has 4 heteroatoms. The SMILES string of the molecule is COCCCOCCNN(C)C. The Hall–Kier alpha value is -0.160. The average molecular weight is 176 g/mol. The van der Waals surface area contributed by atoms with Gasteiger partial charge in [-0.25, -0.2) is 0 Å². The van der Waals surface area contributed by atoms with E-state index in [0.717, 1.165) is 32.8 Å². The van der Waals surface area contributed by atoms with E-state index < -0.39 is 0 Å². The molecule has 0 amide bonds. The van der Waals surface area contributed by atoms with Crippen LogP contribution in [0.3, 0.4) is 0 Å². The van der Waals surface area contributed by atoms with Crippen LogP contribution in [-0.2, 0) is 9.47 Å². The van der Waals surface area contributed by atoms with Crippen molar-refractivity contribution in [3.63, 3.8) is 0 Å². The third kappa shape index (κ3) is 9.84. The number of hydrogen-bond acceptors (Lipinski definition) is 4. The lowest BCUT2D eigenvalue weighted by Gasteiger charge is -2.11. The lowest BCUT2D eigenvalue weighted by molar-refractivity contribution is 0.0953. The fourth-order valence-electron chi connectivity index (χ4n) is 0.749. The van der Waals surface area contributed by atoms with Crippen LogP contribution in [0.5, 0.6) is 0 Å². The Morgan fingerprint density at radius 2 is 1.92 bits per heavy atom. The molecule has 0 rings (SSSR count). The van der Waals surface area contributed by atoms with E-state index in [1.807, 2.05) is 19.1 Å². The van der Waals surface area contributed by atoms with Gasteiger partial charge in [-0.3, -0.25) is 10.4 Å². The summed E-state index contributed by atoms with van der Waals surface area (Å²) in [7, 11) is 5.63. The number of hydrogen-bond donors (Lipinski definition) is 1. The van der Waals surface area contributed by atoms with Crippen molar-refractivity contribution in [2.24, 2.45) is 0 Å². The van der Waals surface area contributed by atoms with Crippen molar-refractivity contribution in [1.29, 1.82) is 0 Å². The molecule has 0 bridgehead atoms. The van der Waals surface area contributed by atoms with Gasteiger partial charge in [0.2, 0.25) is 0 Å². The van der Waals surface area contributed by atoms with E-state index in [9.17, 15) is 0 Å². The van der Waals surface area contributed by atoms with Gasteiger partial charge in [-0.2, -0.15) is 0 Å². The van der Waals surface area contributed by atoms with Gasteiger partial charge in [-0.05, 0) is 6.42 Å². The topological polar surface area (TPSA) is 33.7 Å². The van der Waals surface area contributed by atoms with E-state index in [0.29, 0.717) is 0 Å². The Morgan fingerprint density at radius 3 is 2.50 bits per heavy atom. The van der Waals surface area contributed by atoms with Gasteiger partial charge in [0.05, 0.1) is 6.61 Å². The number of methoxy groups -OCH3 is 1. The molecule has 0 unspecified atom stereocenters. The van der Waals surface area contributed by atoms with Gasteiger partial charge in [0.15, 0.2) is 0 Å². The first kappa shape index (κ1) is 11.8. The summed E-state index contributed by atoms with van der Waals surface area (Å²) in [4.78, 5) is 0. The van der Waals surface area contributed by atoms with Gasteiger partial charge >= 0.3 is 0 Å². The maximum atomic E-state index is 5.32. The lowest BCUT2D eigenvalue weighted by atomic mass is 10.5. The van der Waals surface area contributed by atoms with Crippen LogP contribution in [0.1, 0.15) is 6.42 Å². The predicted octanol–water partition coefficient (Wildman–Crippen LogP) is 0.106. The van der Waals surface area contributed by atoms with Crippen LogP contribution in [0.2, 0.25) is 0 Å². The highest BCUT2D eigenvalue weighted by Crippen LogP contribution is 1.82. The van der Waals surface area contributed by atoms with Crippen LogP contribution in [-0.4, -0.2) is 52.6 Å². The molecule has 74 valence electrons. The van der Waals surface area contributed by atoms with Crippen LogP contribution in [0, 0.1) is 0 Å². The molecule has 0 spiro atoms. The minimum Gasteiger partial charge on any atom is -0.385 e. The minimum atomic E-state index is 0.752. The van der Waals surface area contributed by atoms with Crippen molar-refractivity contribution in [2.75, 3.05) is 47.6 Å². The van der Waals surface area contributed by atoms with Gasteiger partial charge < -0.3 is 9.47 Å². The quantitative estimate of drug-likeness (QED) is 0.420. The first-order valence-corrected chi connectivity index (χ1v) is 4.25. The van der Waals surface area contributed by atoms with E-state index in [2.05, 4.69) is 5.43 Å². The summed E-state index contributed by atoms with van der Waals surface area (Å²) in [6.45, 7) is 3.17. The molecule has 0 saturated carbocycles. The molecule has 0 saturated heterocycles. The van der Waals surface area contributed by atoms with E-state index in [4.69, 9.17) is 9.47 Å². The zero-order valence-corrected chi connectivity index (χ0v) is 8.30. The van der Waals surface area contributed by atoms with Crippen molar-refractivity contribution < 1.29 is 9.47 Å². The van der Waals surface area contributed by atoms with Crippen molar-refractivity contribution >= 4 is 0 Å². The van der Waals surface area contributed by atoms with Gasteiger partial charge in [0.25, 0.3) is 0 Å². The molecule has 0 aromatic heterocycles. The Kier molecular flexibility index (Phi) is 8.81. The second kappa shape index (κ2) is 8.93. The number of rotatable bonds is 8. The molecule has 4 nitrogen and oxygen atoms in total. The highest BCUT2D eigenvalue weighted by atomic mass is 16.5. The Balaban J connectivity index is 2.82. The first-order chi connectivity index (χ1) is 5.77. The van der Waals surface area contributed by atoms with Crippen molar-refractivity contribution in [2.45, 2.75) is 6.42 Å². The summed E-state index contributed by atoms with van der Waals surface area (Å²) in [5, 5.41) is 1.92. The first-order valence-electron chi connectivity index (χ1n) is 4.25. The smallest absolute Gasteiger partial charge is 0.0604 e. The molecule has 1 N–H and O–H groups in total. The van der Waals surface area contributed by atoms with Crippen molar-refractivity contribution in [1.82, 2.24) is 10.4 Å². The molecule has 0 aliphatic carbocycles. The Morgan fingerprint density at radius 1 is 1.17 bits per heavy atom. The normalized spacial score (nSPS) is 11.0. The molecular formula is C8H20N2O2. The largest absolute Gasteiger partial charge is 0.385 e. The monoisotopic (exact) mass is 176 g/mol. The summed E-state index contributed by atoms with van der Waals surface area (Å²) in [5.74, 6) is 0. The molecule has 0 fully saturated rings. The molecule has 0 radical (unpaired) electrons. The van der Waals surface area contributed by atoms with E-state index in [1.165, 1.54) is 0 Å². The fourth-order valence-corrected chi connectivity index (χ4v) is 0.749. The van der Waals surface area contributed by atoms with Gasteiger partial charge in [-0.1, -0.05) is 0 Å². The zero-order chi connectivity index (χ0) is 9.23. The van der Waals surface area contributed by atoms with Crippen LogP contribution in [0.4, 0.5) is 0 Å². The standard InChI is InChI=1S/C8H20N2O2/c1-10(2)9-5-8-12-7-4-6-11-3/h9H,4-8H2,1-3H3. The van der Waals surface area contributed by atoms with Crippen LogP contribution in [0.15, 0.2) is 0 Å². The third-order valence-electron chi connectivity index (χ3n) is 1.31. The van der Waals surface area contributed by atoms with E-state index in [1.54, 1.807) is 7.11 Å². The summed E-state index contributed by atoms with van der Waals surface area (Å²) in [6.07, 6.45) is 0.971. The molecular weight excluding hydrogens is 156 g/mol. The van der Waals surface area contributed by atoms with Crippen LogP contribution >= 0.6 is 0 Å². The second-order valence-corrected chi connectivity index (χ2v) is 2.76. The molecule has 0 atom stereocenters. The van der Waals surface area contributed by atoms with E-state index in [-0.39, 0.29) is 0 Å². The molecule has 0 aromatic rings. The highest BCUT2D eigenvalue weighted by molar-refractivity contribution is 4.38. The van der Waals surface area contributed by atoms with E-state index >= 15 is 0 Å².